The lowest BCUT2D eigenvalue weighted by Crippen LogP contribution is -2.26. The van der Waals surface area contributed by atoms with Gasteiger partial charge in [0.1, 0.15) is 11.2 Å². The van der Waals surface area contributed by atoms with Crippen LogP contribution in [-0.2, 0) is 9.84 Å². The van der Waals surface area contributed by atoms with Gasteiger partial charge in [-0.3, -0.25) is 9.78 Å². The largest absolute Gasteiger partial charge is 0.444 e. The molecule has 4 heterocycles. The minimum atomic E-state index is -3.75. The SMILES string of the molecule is CS(=O)(=O)c1ccc(N2CCC(O)C2)cc1-n1nc(-c2cc(Cl)cc(-c3cnco3)c2)c2cccnc2c1=O. The summed E-state index contributed by atoms with van der Waals surface area (Å²) in [7, 11) is -3.75. The molecule has 0 amide bonds. The minimum Gasteiger partial charge on any atom is -0.444 e. The highest BCUT2D eigenvalue weighted by Gasteiger charge is 2.25. The molecule has 0 bridgehead atoms. The number of nitrogens with zero attached hydrogens (tertiary/aromatic N) is 5. The number of anilines is 1. The number of sulfone groups is 1. The smallest absolute Gasteiger partial charge is 0.298 e. The van der Waals surface area contributed by atoms with E-state index < -0.39 is 21.5 Å². The Kier molecular flexibility index (Phi) is 6.21. The number of hydrogen-bond donors (Lipinski definition) is 1. The standard InChI is InChI=1S/C27H22ClN5O5S/c1-39(36,37)24-5-4-19(32-8-6-20(34)14-32)12-22(24)33-27(35)26-21(3-2-7-30-26)25(31-33)17-9-16(10-18(28)11-17)23-13-29-15-38-23/h2-5,7,9-13,15,20,34H,6,8,14H2,1H3. The average Bonchev–Trinajstić information content (AvgIpc) is 3.60. The van der Waals surface area contributed by atoms with Gasteiger partial charge < -0.3 is 14.4 Å². The van der Waals surface area contributed by atoms with Gasteiger partial charge >= 0.3 is 0 Å². The first kappa shape index (κ1) is 25.2. The fraction of sp³-hybridized carbons (Fsp3) is 0.185. The first-order valence-electron chi connectivity index (χ1n) is 12.0. The van der Waals surface area contributed by atoms with Crippen LogP contribution in [0.15, 0.2) is 81.4 Å². The third-order valence-electron chi connectivity index (χ3n) is 6.64. The predicted molar refractivity (Wildman–Crippen MR) is 147 cm³/mol. The number of β-amino-alcohol motifs (C(OH)–C–C–N with tert-alkyl or cyclic N) is 1. The lowest BCUT2D eigenvalue weighted by molar-refractivity contribution is 0.198. The molecule has 5 aromatic rings. The number of fused-ring (bicyclic) bond motifs is 1. The van der Waals surface area contributed by atoms with E-state index in [4.69, 9.17) is 16.0 Å². The Morgan fingerprint density at radius 3 is 2.67 bits per heavy atom. The molecule has 1 fully saturated rings. The van der Waals surface area contributed by atoms with Crippen molar-refractivity contribution < 1.29 is 17.9 Å². The number of hydrogen-bond acceptors (Lipinski definition) is 9. The maximum Gasteiger partial charge on any atom is 0.298 e. The second-order valence-electron chi connectivity index (χ2n) is 9.37. The van der Waals surface area contributed by atoms with E-state index in [1.807, 2.05) is 4.90 Å². The van der Waals surface area contributed by atoms with E-state index in [2.05, 4.69) is 15.1 Å². The fourth-order valence-corrected chi connectivity index (χ4v) is 5.90. The molecule has 1 unspecified atom stereocenters. The molecule has 1 saturated heterocycles. The van der Waals surface area contributed by atoms with Gasteiger partial charge in [-0.15, -0.1) is 0 Å². The van der Waals surface area contributed by atoms with Crippen LogP contribution in [-0.4, -0.2) is 58.7 Å². The van der Waals surface area contributed by atoms with Crippen molar-refractivity contribution in [3.05, 3.63) is 82.7 Å². The van der Waals surface area contributed by atoms with Gasteiger partial charge in [0.2, 0.25) is 0 Å². The molecule has 6 rings (SSSR count). The molecule has 39 heavy (non-hydrogen) atoms. The van der Waals surface area contributed by atoms with E-state index in [-0.39, 0.29) is 16.1 Å². The number of aliphatic hydroxyl groups is 1. The topological polar surface area (TPSA) is 131 Å². The highest BCUT2D eigenvalue weighted by atomic mass is 35.5. The molecule has 0 saturated carbocycles. The Hall–Kier alpha value is -4.06. The number of rotatable bonds is 5. The van der Waals surface area contributed by atoms with Crippen molar-refractivity contribution in [3.8, 4) is 28.3 Å². The van der Waals surface area contributed by atoms with Gasteiger partial charge in [0.25, 0.3) is 5.56 Å². The summed E-state index contributed by atoms with van der Waals surface area (Å²) in [5.74, 6) is 0.495. The molecule has 0 spiro atoms. The van der Waals surface area contributed by atoms with Gasteiger partial charge in [-0.05, 0) is 55.0 Å². The highest BCUT2D eigenvalue weighted by Crippen LogP contribution is 2.33. The highest BCUT2D eigenvalue weighted by molar-refractivity contribution is 7.90. The molecule has 0 aliphatic carbocycles. The van der Waals surface area contributed by atoms with Crippen LogP contribution in [0.5, 0.6) is 0 Å². The van der Waals surface area contributed by atoms with Crippen LogP contribution < -0.4 is 10.5 Å². The van der Waals surface area contributed by atoms with Crippen LogP contribution in [0.1, 0.15) is 6.42 Å². The maximum absolute atomic E-state index is 13.7. The Morgan fingerprint density at radius 2 is 1.95 bits per heavy atom. The van der Waals surface area contributed by atoms with Crippen LogP contribution in [0.25, 0.3) is 39.2 Å². The second kappa shape index (κ2) is 9.60. The number of oxazole rings is 1. The summed E-state index contributed by atoms with van der Waals surface area (Å²) in [6.07, 6.45) is 5.55. The van der Waals surface area contributed by atoms with Crippen LogP contribution in [0.2, 0.25) is 5.02 Å². The number of aromatic nitrogens is 4. The zero-order valence-corrected chi connectivity index (χ0v) is 22.2. The van der Waals surface area contributed by atoms with Crippen LogP contribution in [0, 0.1) is 0 Å². The lowest BCUT2D eigenvalue weighted by Gasteiger charge is -2.20. The number of pyridine rings is 1. The van der Waals surface area contributed by atoms with Gasteiger partial charge in [-0.2, -0.15) is 9.78 Å². The summed E-state index contributed by atoms with van der Waals surface area (Å²) in [5.41, 5.74) is 1.90. The summed E-state index contributed by atoms with van der Waals surface area (Å²) in [4.78, 5) is 23.9. The number of benzene rings is 2. The maximum atomic E-state index is 13.7. The molecule has 10 nitrogen and oxygen atoms in total. The first-order valence-corrected chi connectivity index (χ1v) is 14.3. The quantitative estimate of drug-likeness (QED) is 0.340. The molecular weight excluding hydrogens is 542 g/mol. The van der Waals surface area contributed by atoms with Crippen molar-refractivity contribution in [2.75, 3.05) is 24.2 Å². The van der Waals surface area contributed by atoms with Gasteiger partial charge in [0.15, 0.2) is 22.0 Å². The second-order valence-corrected chi connectivity index (χ2v) is 11.8. The molecule has 1 aliphatic heterocycles. The Labute approximate surface area is 228 Å². The average molecular weight is 564 g/mol. The van der Waals surface area contributed by atoms with E-state index in [9.17, 15) is 18.3 Å². The number of aliphatic hydroxyl groups excluding tert-OH is 1. The van der Waals surface area contributed by atoms with Crippen molar-refractivity contribution in [3.63, 3.8) is 0 Å². The molecular formula is C27H22ClN5O5S. The Balaban J connectivity index is 1.63. The molecule has 3 aromatic heterocycles. The molecule has 1 N–H and O–H groups in total. The van der Waals surface area contributed by atoms with Crippen LogP contribution in [0.4, 0.5) is 5.69 Å². The summed E-state index contributed by atoms with van der Waals surface area (Å²) in [6.45, 7) is 0.996. The summed E-state index contributed by atoms with van der Waals surface area (Å²) in [5, 5.41) is 15.6. The van der Waals surface area contributed by atoms with E-state index >= 15 is 0 Å². The zero-order valence-electron chi connectivity index (χ0n) is 20.7. The number of halogens is 1. The molecule has 0 radical (unpaired) electrons. The Morgan fingerprint density at radius 1 is 1.13 bits per heavy atom. The minimum absolute atomic E-state index is 0.0599. The van der Waals surface area contributed by atoms with Gasteiger partial charge in [0, 0.05) is 52.8 Å². The molecule has 1 atom stereocenters. The first-order chi connectivity index (χ1) is 18.7. The van der Waals surface area contributed by atoms with E-state index in [0.717, 1.165) is 10.9 Å². The van der Waals surface area contributed by atoms with E-state index in [0.29, 0.717) is 58.2 Å². The van der Waals surface area contributed by atoms with Crippen molar-refractivity contribution in [1.29, 1.82) is 0 Å². The molecule has 12 heteroatoms. The van der Waals surface area contributed by atoms with Crippen LogP contribution >= 0.6 is 11.6 Å². The summed E-state index contributed by atoms with van der Waals surface area (Å²) >= 11 is 6.47. The van der Waals surface area contributed by atoms with Crippen molar-refractivity contribution in [2.45, 2.75) is 17.4 Å². The van der Waals surface area contributed by atoms with Gasteiger partial charge in [0.05, 0.1) is 22.9 Å². The summed E-state index contributed by atoms with van der Waals surface area (Å²) < 4.78 is 32.1. The van der Waals surface area contributed by atoms with Crippen LogP contribution in [0.3, 0.4) is 0 Å². The third-order valence-corrected chi connectivity index (χ3v) is 8.01. The molecule has 2 aromatic carbocycles. The third kappa shape index (κ3) is 4.69. The van der Waals surface area contributed by atoms with Crippen molar-refractivity contribution >= 4 is 38.0 Å². The molecule has 1 aliphatic rings. The van der Waals surface area contributed by atoms with E-state index in [1.54, 1.807) is 48.7 Å². The molecule has 198 valence electrons. The predicted octanol–water partition coefficient (Wildman–Crippen LogP) is 3.73. The normalized spacial score (nSPS) is 15.8. The van der Waals surface area contributed by atoms with Crippen molar-refractivity contribution in [2.24, 2.45) is 0 Å². The summed E-state index contributed by atoms with van der Waals surface area (Å²) in [6, 6.07) is 13.4. The van der Waals surface area contributed by atoms with Crippen molar-refractivity contribution in [1.82, 2.24) is 19.7 Å². The van der Waals surface area contributed by atoms with E-state index in [1.165, 1.54) is 18.7 Å². The van der Waals surface area contributed by atoms with Gasteiger partial charge in [-0.25, -0.2) is 13.4 Å². The Bertz CT molecular complexity index is 1890. The zero-order chi connectivity index (χ0) is 27.3. The van der Waals surface area contributed by atoms with Gasteiger partial charge in [-0.1, -0.05) is 11.6 Å². The monoisotopic (exact) mass is 563 g/mol. The fourth-order valence-electron chi connectivity index (χ4n) is 4.83. The lowest BCUT2D eigenvalue weighted by atomic mass is 10.0.